The number of amides is 2. The Hall–Kier alpha value is -2.34. The highest BCUT2D eigenvalue weighted by Crippen LogP contribution is 2.47. The molecule has 6 nitrogen and oxygen atoms in total. The van der Waals surface area contributed by atoms with Crippen LogP contribution in [-0.4, -0.2) is 54.5 Å². The zero-order valence-electron chi connectivity index (χ0n) is 15.8. The Balaban J connectivity index is 1.47. The molecule has 144 valence electrons. The van der Waals surface area contributed by atoms with Gasteiger partial charge in [-0.15, -0.1) is 0 Å². The maximum atomic E-state index is 12.7. The van der Waals surface area contributed by atoms with Gasteiger partial charge in [0.2, 0.25) is 5.91 Å². The summed E-state index contributed by atoms with van der Waals surface area (Å²) in [4.78, 5) is 30.3. The van der Waals surface area contributed by atoms with Gasteiger partial charge in [-0.25, -0.2) is 0 Å². The molecule has 27 heavy (non-hydrogen) atoms. The summed E-state index contributed by atoms with van der Waals surface area (Å²) >= 11 is 0. The molecular weight excluding hydrogens is 342 g/mol. The molecule has 2 N–H and O–H groups in total. The highest BCUT2D eigenvalue weighted by Gasteiger charge is 2.50. The lowest BCUT2D eigenvalue weighted by Crippen LogP contribution is -2.56. The summed E-state index contributed by atoms with van der Waals surface area (Å²) in [5, 5.41) is 4.20. The summed E-state index contributed by atoms with van der Waals surface area (Å²) in [5.74, 6) is 0.178. The van der Waals surface area contributed by atoms with E-state index in [4.69, 9.17) is 4.74 Å². The number of methoxy groups -OCH3 is 1. The molecule has 1 aliphatic carbocycles. The van der Waals surface area contributed by atoms with Crippen molar-refractivity contribution in [3.63, 3.8) is 0 Å². The normalized spacial score (nSPS) is 25.0. The van der Waals surface area contributed by atoms with Gasteiger partial charge in [-0.2, -0.15) is 0 Å². The maximum absolute atomic E-state index is 12.7. The molecule has 2 fully saturated rings. The van der Waals surface area contributed by atoms with Crippen LogP contribution in [0.3, 0.4) is 0 Å². The van der Waals surface area contributed by atoms with Crippen LogP contribution in [0.4, 0.5) is 0 Å². The van der Waals surface area contributed by atoms with Crippen molar-refractivity contribution in [1.29, 1.82) is 0 Å². The smallest absolute Gasteiger partial charge is 0.251 e. The molecule has 1 aromatic carbocycles. The fourth-order valence-electron chi connectivity index (χ4n) is 4.89. The van der Waals surface area contributed by atoms with E-state index in [-0.39, 0.29) is 23.3 Å². The Morgan fingerprint density at radius 2 is 2.26 bits per heavy atom. The van der Waals surface area contributed by atoms with Gasteiger partial charge in [0.1, 0.15) is 0 Å². The van der Waals surface area contributed by atoms with E-state index in [2.05, 4.69) is 10.3 Å². The average Bonchev–Trinajstić information content (AvgIpc) is 3.32. The largest absolute Gasteiger partial charge is 0.383 e. The van der Waals surface area contributed by atoms with E-state index in [1.807, 2.05) is 35.4 Å². The van der Waals surface area contributed by atoms with Crippen molar-refractivity contribution < 1.29 is 14.3 Å². The lowest BCUT2D eigenvalue weighted by molar-refractivity contribution is -0.142. The Bertz CT molecular complexity index is 846. The first-order chi connectivity index (χ1) is 13.1. The lowest BCUT2D eigenvalue weighted by atomic mass is 9.74. The van der Waals surface area contributed by atoms with Crippen molar-refractivity contribution in [3.05, 3.63) is 36.0 Å². The van der Waals surface area contributed by atoms with Gasteiger partial charge in [-0.1, -0.05) is 6.42 Å². The van der Waals surface area contributed by atoms with Crippen molar-refractivity contribution in [2.45, 2.75) is 38.1 Å². The average molecular weight is 369 g/mol. The van der Waals surface area contributed by atoms with E-state index in [1.54, 1.807) is 7.11 Å². The number of piperidine rings is 1. The second-order valence-electron chi connectivity index (χ2n) is 7.81. The zero-order chi connectivity index (χ0) is 18.9. The van der Waals surface area contributed by atoms with Crippen molar-refractivity contribution in [1.82, 2.24) is 15.2 Å². The van der Waals surface area contributed by atoms with Crippen LogP contribution in [0.25, 0.3) is 10.9 Å². The molecule has 0 unspecified atom stereocenters. The molecule has 1 saturated heterocycles. The fourth-order valence-corrected chi connectivity index (χ4v) is 4.89. The first-order valence-electron chi connectivity index (χ1n) is 9.77. The van der Waals surface area contributed by atoms with Crippen molar-refractivity contribution >= 4 is 22.7 Å². The van der Waals surface area contributed by atoms with Crippen LogP contribution in [-0.2, 0) is 9.53 Å². The number of likely N-dealkylation sites (tertiary alicyclic amines) is 1. The quantitative estimate of drug-likeness (QED) is 0.822. The highest BCUT2D eigenvalue weighted by molar-refractivity contribution is 5.98. The summed E-state index contributed by atoms with van der Waals surface area (Å²) < 4.78 is 5.19. The van der Waals surface area contributed by atoms with Crippen molar-refractivity contribution in [2.75, 3.05) is 26.8 Å². The molecule has 2 aliphatic rings. The number of nitrogens with one attached hydrogen (secondary N) is 2. The lowest BCUT2D eigenvalue weighted by Gasteiger charge is -2.46. The SMILES string of the molecule is COCCN1C(=O)CC[C@]2(CNC(=O)c3ccc4[nH]ccc4c3)CCC[C@@H]12. The van der Waals surface area contributed by atoms with E-state index >= 15 is 0 Å². The number of aromatic amines is 1. The number of carbonyl (C=O) groups excluding carboxylic acids is 2. The predicted octanol–water partition coefficient (Wildman–Crippen LogP) is 2.71. The molecule has 0 spiro atoms. The predicted molar refractivity (Wildman–Crippen MR) is 104 cm³/mol. The van der Waals surface area contributed by atoms with E-state index < -0.39 is 0 Å². The second-order valence-corrected chi connectivity index (χ2v) is 7.81. The van der Waals surface area contributed by atoms with Crippen LogP contribution in [0, 0.1) is 5.41 Å². The van der Waals surface area contributed by atoms with Gasteiger partial charge in [-0.05, 0) is 43.5 Å². The van der Waals surface area contributed by atoms with E-state index in [1.165, 1.54) is 0 Å². The van der Waals surface area contributed by atoms with Gasteiger partial charge in [-0.3, -0.25) is 9.59 Å². The standard InChI is InChI=1S/C21H27N3O3/c1-27-12-11-24-18-3-2-8-21(18,9-6-19(24)25)14-23-20(26)16-4-5-17-15(13-16)7-10-22-17/h4-5,7,10,13,18,22H,2-3,6,8-9,11-12,14H2,1H3,(H,23,26)/t18-,21+/m1/s1. The number of fused-ring (bicyclic) bond motifs is 2. The third kappa shape index (κ3) is 3.34. The molecule has 1 aliphatic heterocycles. The zero-order valence-corrected chi connectivity index (χ0v) is 15.8. The van der Waals surface area contributed by atoms with Crippen LogP contribution >= 0.6 is 0 Å². The summed E-state index contributed by atoms with van der Waals surface area (Å²) in [7, 11) is 1.66. The number of rotatable bonds is 6. The Morgan fingerprint density at radius 1 is 1.37 bits per heavy atom. The number of ether oxygens (including phenoxy) is 1. The summed E-state index contributed by atoms with van der Waals surface area (Å²) in [6.07, 6.45) is 6.48. The van der Waals surface area contributed by atoms with Crippen LogP contribution < -0.4 is 5.32 Å². The minimum atomic E-state index is -0.0431. The summed E-state index contributed by atoms with van der Waals surface area (Å²) in [5.41, 5.74) is 1.70. The second kappa shape index (κ2) is 7.35. The van der Waals surface area contributed by atoms with E-state index in [9.17, 15) is 9.59 Å². The Kier molecular flexibility index (Phi) is 4.91. The molecule has 2 aromatic rings. The van der Waals surface area contributed by atoms with E-state index in [0.29, 0.717) is 31.7 Å². The van der Waals surface area contributed by atoms with Gasteiger partial charge < -0.3 is 19.9 Å². The first kappa shape index (κ1) is 18.0. The Morgan fingerprint density at radius 3 is 3.11 bits per heavy atom. The minimum Gasteiger partial charge on any atom is -0.383 e. The van der Waals surface area contributed by atoms with Crippen molar-refractivity contribution in [3.8, 4) is 0 Å². The molecule has 4 rings (SSSR count). The number of H-pyrrole nitrogens is 1. The monoisotopic (exact) mass is 369 g/mol. The van der Waals surface area contributed by atoms with Gasteiger partial charge in [0.05, 0.1) is 6.61 Å². The Labute approximate surface area is 159 Å². The topological polar surface area (TPSA) is 74.4 Å². The third-order valence-electron chi connectivity index (χ3n) is 6.35. The fraction of sp³-hybridized carbons (Fsp3) is 0.524. The maximum Gasteiger partial charge on any atom is 0.251 e. The number of benzene rings is 1. The molecule has 2 atom stereocenters. The van der Waals surface area contributed by atoms with Crippen LogP contribution in [0.2, 0.25) is 0 Å². The van der Waals surface area contributed by atoms with Crippen molar-refractivity contribution in [2.24, 2.45) is 5.41 Å². The van der Waals surface area contributed by atoms with E-state index in [0.717, 1.165) is 36.6 Å². The number of hydrogen-bond acceptors (Lipinski definition) is 3. The molecule has 0 radical (unpaired) electrons. The number of hydrogen-bond donors (Lipinski definition) is 2. The molecule has 2 heterocycles. The molecule has 1 aromatic heterocycles. The minimum absolute atomic E-state index is 0.00447. The van der Waals surface area contributed by atoms with Crippen LogP contribution in [0.1, 0.15) is 42.5 Å². The summed E-state index contributed by atoms with van der Waals surface area (Å²) in [6, 6.07) is 7.89. The highest BCUT2D eigenvalue weighted by atomic mass is 16.5. The first-order valence-corrected chi connectivity index (χ1v) is 9.77. The number of carbonyl (C=O) groups is 2. The van der Waals surface area contributed by atoms with Crippen LogP contribution in [0.5, 0.6) is 0 Å². The molecule has 1 saturated carbocycles. The number of nitrogens with zero attached hydrogens (tertiary/aromatic N) is 1. The molecule has 2 amide bonds. The molecule has 6 heteroatoms. The number of aromatic nitrogens is 1. The van der Waals surface area contributed by atoms with Gasteiger partial charge in [0, 0.05) is 60.7 Å². The molecule has 0 bridgehead atoms. The molecular formula is C21H27N3O3. The van der Waals surface area contributed by atoms with Gasteiger partial charge in [0.25, 0.3) is 5.91 Å². The van der Waals surface area contributed by atoms with Gasteiger partial charge in [0.15, 0.2) is 0 Å². The van der Waals surface area contributed by atoms with Crippen LogP contribution in [0.15, 0.2) is 30.5 Å². The van der Waals surface area contributed by atoms with Gasteiger partial charge >= 0.3 is 0 Å². The third-order valence-corrected chi connectivity index (χ3v) is 6.35. The summed E-state index contributed by atoms with van der Waals surface area (Å²) in [6.45, 7) is 1.82.